The minimum absolute atomic E-state index is 0.115. The van der Waals surface area contributed by atoms with E-state index in [1.54, 1.807) is 6.92 Å². The van der Waals surface area contributed by atoms with Crippen molar-refractivity contribution in [3.05, 3.63) is 0 Å². The van der Waals surface area contributed by atoms with Crippen LogP contribution in [0.4, 0.5) is 0 Å². The molecule has 0 saturated carbocycles. The van der Waals surface area contributed by atoms with E-state index < -0.39 is 17.3 Å². The zero-order valence-corrected chi connectivity index (χ0v) is 10.5. The summed E-state index contributed by atoms with van der Waals surface area (Å²) >= 11 is -2.49. The summed E-state index contributed by atoms with van der Waals surface area (Å²) in [5.41, 5.74) is 0. The molecule has 2 atom stereocenters. The van der Waals surface area contributed by atoms with Crippen LogP contribution in [-0.4, -0.2) is 25.0 Å². The van der Waals surface area contributed by atoms with Gasteiger partial charge in [0.1, 0.15) is 0 Å². The lowest BCUT2D eigenvalue weighted by Crippen LogP contribution is -2.25. The molecule has 0 aliphatic carbocycles. The largest absolute Gasteiger partial charge is 0.360 e. The van der Waals surface area contributed by atoms with Crippen LogP contribution < -0.4 is 0 Å². The van der Waals surface area contributed by atoms with E-state index in [0.29, 0.717) is 0 Å². The van der Waals surface area contributed by atoms with Gasteiger partial charge < -0.3 is 4.18 Å². The van der Waals surface area contributed by atoms with Gasteiger partial charge in [-0.1, -0.05) is 20.8 Å². The number of rotatable bonds is 3. The van der Waals surface area contributed by atoms with Crippen molar-refractivity contribution in [1.82, 2.24) is 0 Å². The van der Waals surface area contributed by atoms with E-state index in [1.807, 2.05) is 13.8 Å². The molecule has 6 heteroatoms. The zero-order valence-electron chi connectivity index (χ0n) is 7.66. The maximum Gasteiger partial charge on any atom is 0.360 e. The predicted molar refractivity (Wildman–Crippen MR) is 50.0 cm³/mol. The van der Waals surface area contributed by atoms with E-state index in [9.17, 15) is 9.00 Å². The highest BCUT2D eigenvalue weighted by molar-refractivity contribution is 7.74. The molecule has 0 rings (SSSR count). The molecule has 0 aliphatic rings. The van der Waals surface area contributed by atoms with E-state index in [-0.39, 0.29) is 11.0 Å². The molecule has 0 aromatic heterocycles. The molecular weight excluding hydrogens is 196 g/mol. The van der Waals surface area contributed by atoms with Gasteiger partial charge in [0.15, 0.2) is 0 Å². The van der Waals surface area contributed by atoms with Crippen LogP contribution in [0, 0.1) is 5.92 Å². The fourth-order valence-electron chi connectivity index (χ4n) is 0.496. The normalized spacial score (nSPS) is 17.0. The minimum Gasteiger partial charge on any atom is -0.343 e. The Morgan fingerprint density at radius 2 is 2.08 bits per heavy atom. The zero-order chi connectivity index (χ0) is 9.94. The SMILES string of the molecule is CC(C(=O)OS(=O)O)C(C)(C)[SiH3]. The molecule has 0 saturated heterocycles. The topological polar surface area (TPSA) is 63.6 Å². The van der Waals surface area contributed by atoms with Crippen molar-refractivity contribution in [3.8, 4) is 0 Å². The summed E-state index contributed by atoms with van der Waals surface area (Å²) in [5, 5.41) is -0.115. The van der Waals surface area contributed by atoms with Gasteiger partial charge in [-0.05, 0) is 5.04 Å². The van der Waals surface area contributed by atoms with Gasteiger partial charge in [0.05, 0.1) is 5.92 Å². The van der Waals surface area contributed by atoms with Crippen LogP contribution in [0.15, 0.2) is 0 Å². The summed E-state index contributed by atoms with van der Waals surface area (Å²) in [6, 6.07) is 0. The van der Waals surface area contributed by atoms with E-state index in [4.69, 9.17) is 4.55 Å². The Morgan fingerprint density at radius 3 is 2.33 bits per heavy atom. The van der Waals surface area contributed by atoms with Crippen LogP contribution in [0.5, 0.6) is 0 Å². The van der Waals surface area contributed by atoms with Crippen molar-refractivity contribution in [1.29, 1.82) is 0 Å². The first kappa shape index (κ1) is 11.8. The van der Waals surface area contributed by atoms with Crippen molar-refractivity contribution < 1.29 is 17.7 Å². The Morgan fingerprint density at radius 1 is 1.67 bits per heavy atom. The first-order valence-electron chi connectivity index (χ1n) is 3.58. The lowest BCUT2D eigenvalue weighted by molar-refractivity contribution is -0.138. The molecule has 0 aliphatic heterocycles. The Balaban J connectivity index is 4.21. The highest BCUT2D eigenvalue weighted by atomic mass is 32.2. The molecule has 12 heavy (non-hydrogen) atoms. The van der Waals surface area contributed by atoms with Gasteiger partial charge in [0.25, 0.3) is 0 Å². The molecule has 0 heterocycles. The van der Waals surface area contributed by atoms with Gasteiger partial charge >= 0.3 is 17.3 Å². The molecule has 72 valence electrons. The average Bonchev–Trinajstić information content (AvgIpc) is 1.82. The first-order chi connectivity index (χ1) is 5.25. The van der Waals surface area contributed by atoms with Gasteiger partial charge in [-0.2, -0.15) is 4.21 Å². The Labute approximate surface area is 77.6 Å². The van der Waals surface area contributed by atoms with Crippen LogP contribution in [0.1, 0.15) is 20.8 Å². The molecule has 1 N–H and O–H groups in total. The van der Waals surface area contributed by atoms with Gasteiger partial charge in [0.2, 0.25) is 0 Å². The molecule has 0 aromatic rings. The van der Waals surface area contributed by atoms with Gasteiger partial charge in [-0.3, -0.25) is 9.35 Å². The van der Waals surface area contributed by atoms with Gasteiger partial charge in [-0.15, -0.1) is 0 Å². The van der Waals surface area contributed by atoms with Gasteiger partial charge in [-0.25, -0.2) is 0 Å². The van der Waals surface area contributed by atoms with E-state index >= 15 is 0 Å². The second kappa shape index (κ2) is 4.15. The fourth-order valence-corrected chi connectivity index (χ4v) is 1.02. The van der Waals surface area contributed by atoms with Gasteiger partial charge in [0, 0.05) is 10.2 Å². The lowest BCUT2D eigenvalue weighted by Gasteiger charge is -2.23. The standard InChI is InChI=1S/C6H14O4SSi/c1-4(6(2,3)12)5(7)10-11(8)9/h4H,1-3,12H3,(H,8,9). The Kier molecular flexibility index (Phi) is 4.08. The number of hydrogen-bond acceptors (Lipinski definition) is 3. The van der Waals surface area contributed by atoms with Crippen molar-refractivity contribution in [2.75, 3.05) is 0 Å². The number of carbonyl (C=O) groups excluding carboxylic acids is 1. The summed E-state index contributed by atoms with van der Waals surface area (Å²) in [6.07, 6.45) is 0. The lowest BCUT2D eigenvalue weighted by atomic mass is 9.97. The van der Waals surface area contributed by atoms with Crippen LogP contribution in [0.3, 0.4) is 0 Å². The summed E-state index contributed by atoms with van der Waals surface area (Å²) in [7, 11) is 0.829. The van der Waals surface area contributed by atoms with Crippen LogP contribution in [-0.2, 0) is 20.3 Å². The maximum atomic E-state index is 11.0. The Hall–Kier alpha value is -0.203. The van der Waals surface area contributed by atoms with E-state index in [2.05, 4.69) is 4.18 Å². The van der Waals surface area contributed by atoms with Crippen molar-refractivity contribution >= 4 is 27.6 Å². The van der Waals surface area contributed by atoms with Crippen LogP contribution in [0.25, 0.3) is 0 Å². The number of hydrogen-bond donors (Lipinski definition) is 1. The van der Waals surface area contributed by atoms with E-state index in [1.165, 1.54) is 0 Å². The number of carbonyl (C=O) groups is 1. The third-order valence-electron chi connectivity index (χ3n) is 1.81. The van der Waals surface area contributed by atoms with Crippen molar-refractivity contribution in [2.24, 2.45) is 5.92 Å². The molecule has 2 unspecified atom stereocenters. The molecule has 0 spiro atoms. The fraction of sp³-hybridized carbons (Fsp3) is 0.833. The predicted octanol–water partition coefficient (Wildman–Crippen LogP) is -0.134. The molecule has 0 bridgehead atoms. The molecule has 0 radical (unpaired) electrons. The highest BCUT2D eigenvalue weighted by Crippen LogP contribution is 2.30. The smallest absolute Gasteiger partial charge is 0.343 e. The quantitative estimate of drug-likeness (QED) is 0.520. The minimum atomic E-state index is -2.49. The summed E-state index contributed by atoms with van der Waals surface area (Å²) < 4.78 is 22.5. The maximum absolute atomic E-state index is 11.0. The third kappa shape index (κ3) is 3.98. The molecular formula is C6H14O4SSi. The van der Waals surface area contributed by atoms with Crippen molar-refractivity contribution in [2.45, 2.75) is 25.8 Å². The molecule has 0 fully saturated rings. The molecule has 4 nitrogen and oxygen atoms in total. The van der Waals surface area contributed by atoms with E-state index in [0.717, 1.165) is 10.2 Å². The Bertz CT molecular complexity index is 198. The molecule has 0 aromatic carbocycles. The van der Waals surface area contributed by atoms with Crippen molar-refractivity contribution in [3.63, 3.8) is 0 Å². The second-order valence-corrected chi connectivity index (χ2v) is 6.89. The summed E-state index contributed by atoms with van der Waals surface area (Å²) in [4.78, 5) is 11.0. The average molecular weight is 210 g/mol. The first-order valence-corrected chi connectivity index (χ1v) is 5.61. The third-order valence-corrected chi connectivity index (χ3v) is 2.98. The monoisotopic (exact) mass is 210 g/mol. The molecule has 0 amide bonds. The van der Waals surface area contributed by atoms with Crippen LogP contribution >= 0.6 is 0 Å². The summed E-state index contributed by atoms with van der Waals surface area (Å²) in [6.45, 7) is 5.54. The van der Waals surface area contributed by atoms with Crippen LogP contribution in [0.2, 0.25) is 5.04 Å². The summed E-state index contributed by atoms with van der Waals surface area (Å²) in [5.74, 6) is -0.948. The second-order valence-electron chi connectivity index (χ2n) is 3.71. The highest BCUT2D eigenvalue weighted by Gasteiger charge is 2.29.